The van der Waals surface area contributed by atoms with Gasteiger partial charge in [-0.05, 0) is 18.9 Å². The molecule has 1 saturated carbocycles. The number of carbonyl (C=O) groups is 2. The van der Waals surface area contributed by atoms with Crippen molar-refractivity contribution in [3.63, 3.8) is 0 Å². The number of aliphatic carboxylic acids is 1. The molecule has 6 heteroatoms. The van der Waals surface area contributed by atoms with Gasteiger partial charge in [-0.2, -0.15) is 5.10 Å². The summed E-state index contributed by atoms with van der Waals surface area (Å²) in [6.45, 7) is 0.350. The molecule has 0 aliphatic heterocycles. The summed E-state index contributed by atoms with van der Waals surface area (Å²) < 4.78 is 1.67. The fourth-order valence-electron chi connectivity index (χ4n) is 2.61. The maximum absolute atomic E-state index is 12.1. The Kier molecular flexibility index (Phi) is 4.19. The Hall–Kier alpha value is -1.85. The van der Waals surface area contributed by atoms with Gasteiger partial charge in [0.1, 0.15) is 0 Å². The number of carboxylic acid groups (broad SMARTS) is 1. The van der Waals surface area contributed by atoms with Crippen LogP contribution in [0.15, 0.2) is 12.3 Å². The summed E-state index contributed by atoms with van der Waals surface area (Å²) in [4.78, 5) is 23.2. The van der Waals surface area contributed by atoms with E-state index >= 15 is 0 Å². The maximum atomic E-state index is 12.1. The average Bonchev–Trinajstić information content (AvgIpc) is 2.81. The Labute approximate surface area is 111 Å². The van der Waals surface area contributed by atoms with Crippen molar-refractivity contribution < 1.29 is 14.7 Å². The quantitative estimate of drug-likeness (QED) is 0.848. The number of hydrogen-bond donors (Lipinski definition) is 2. The van der Waals surface area contributed by atoms with Crippen LogP contribution in [0.1, 0.15) is 31.4 Å². The zero-order valence-corrected chi connectivity index (χ0v) is 11.0. The first-order valence-corrected chi connectivity index (χ1v) is 6.57. The number of aromatic nitrogens is 2. The molecule has 1 aromatic heterocycles. The fraction of sp³-hybridized carbons (Fsp3) is 0.615. The molecule has 0 unspecified atom stereocenters. The van der Waals surface area contributed by atoms with E-state index in [1.165, 1.54) is 0 Å². The van der Waals surface area contributed by atoms with Crippen LogP contribution in [0.5, 0.6) is 0 Å². The molecule has 2 N–H and O–H groups in total. The third-order valence-electron chi connectivity index (χ3n) is 3.63. The average molecular weight is 265 g/mol. The first kappa shape index (κ1) is 13.6. The summed E-state index contributed by atoms with van der Waals surface area (Å²) in [5.41, 5.74) is 0.776. The van der Waals surface area contributed by atoms with E-state index in [0.29, 0.717) is 19.4 Å². The van der Waals surface area contributed by atoms with Gasteiger partial charge in [0.25, 0.3) is 0 Å². The molecule has 2 atom stereocenters. The van der Waals surface area contributed by atoms with Gasteiger partial charge in [0.2, 0.25) is 5.91 Å². The van der Waals surface area contributed by atoms with Gasteiger partial charge in [-0.1, -0.05) is 12.8 Å². The van der Waals surface area contributed by atoms with E-state index in [1.807, 2.05) is 19.3 Å². The summed E-state index contributed by atoms with van der Waals surface area (Å²) in [6.07, 6.45) is 4.87. The van der Waals surface area contributed by atoms with Crippen LogP contribution in [-0.2, 0) is 23.2 Å². The van der Waals surface area contributed by atoms with E-state index in [0.717, 1.165) is 18.5 Å². The largest absolute Gasteiger partial charge is 0.481 e. The Morgan fingerprint density at radius 1 is 1.42 bits per heavy atom. The van der Waals surface area contributed by atoms with E-state index in [1.54, 1.807) is 4.68 Å². The molecule has 0 saturated heterocycles. The predicted molar refractivity (Wildman–Crippen MR) is 68.1 cm³/mol. The minimum absolute atomic E-state index is 0.169. The smallest absolute Gasteiger partial charge is 0.307 e. The molecule has 1 aromatic rings. The van der Waals surface area contributed by atoms with Gasteiger partial charge in [-0.25, -0.2) is 0 Å². The number of hydrogen-bond acceptors (Lipinski definition) is 3. The van der Waals surface area contributed by atoms with Crippen molar-refractivity contribution >= 4 is 11.9 Å². The van der Waals surface area contributed by atoms with Crippen LogP contribution in [0.2, 0.25) is 0 Å². The fourth-order valence-corrected chi connectivity index (χ4v) is 2.61. The van der Waals surface area contributed by atoms with Gasteiger partial charge < -0.3 is 10.4 Å². The predicted octanol–water partition coefficient (Wildman–Crippen LogP) is 0.927. The number of aryl methyl sites for hydroxylation is 1. The number of carbonyl (C=O) groups excluding carboxylic acids is 1. The Bertz CT molecular complexity index is 469. The SMILES string of the molecule is Cn1ccc(CNC(=O)[C@@H]2CCCC[C@@H]2C(=O)O)n1. The Morgan fingerprint density at radius 2 is 2.11 bits per heavy atom. The topological polar surface area (TPSA) is 84.2 Å². The molecular formula is C13H19N3O3. The van der Waals surface area contributed by atoms with Crippen LogP contribution < -0.4 is 5.32 Å². The molecule has 0 aromatic carbocycles. The van der Waals surface area contributed by atoms with Crippen molar-refractivity contribution in [1.29, 1.82) is 0 Å². The summed E-state index contributed by atoms with van der Waals surface area (Å²) in [7, 11) is 1.81. The maximum Gasteiger partial charge on any atom is 0.307 e. The summed E-state index contributed by atoms with van der Waals surface area (Å²) in [5, 5.41) is 16.1. The second-order valence-electron chi connectivity index (χ2n) is 5.03. The second-order valence-corrected chi connectivity index (χ2v) is 5.03. The highest BCUT2D eigenvalue weighted by atomic mass is 16.4. The Balaban J connectivity index is 1.92. The molecule has 1 fully saturated rings. The monoisotopic (exact) mass is 265 g/mol. The van der Waals surface area contributed by atoms with Crippen LogP contribution in [0.4, 0.5) is 0 Å². The number of rotatable bonds is 4. The third kappa shape index (κ3) is 3.33. The van der Waals surface area contributed by atoms with E-state index < -0.39 is 17.8 Å². The normalized spacial score (nSPS) is 23.0. The minimum atomic E-state index is -0.863. The molecule has 0 bridgehead atoms. The van der Waals surface area contributed by atoms with Crippen molar-refractivity contribution in [3.8, 4) is 0 Å². The van der Waals surface area contributed by atoms with E-state index in [9.17, 15) is 9.59 Å². The van der Waals surface area contributed by atoms with Gasteiger partial charge in [-0.15, -0.1) is 0 Å². The zero-order chi connectivity index (χ0) is 13.8. The van der Waals surface area contributed by atoms with Crippen molar-refractivity contribution in [2.75, 3.05) is 0 Å². The third-order valence-corrected chi connectivity index (χ3v) is 3.63. The van der Waals surface area contributed by atoms with Gasteiger partial charge >= 0.3 is 5.97 Å². The minimum Gasteiger partial charge on any atom is -0.481 e. The van der Waals surface area contributed by atoms with E-state index in [2.05, 4.69) is 10.4 Å². The molecule has 1 aliphatic rings. The molecule has 1 heterocycles. The molecule has 2 rings (SSSR count). The van der Waals surface area contributed by atoms with Crippen LogP contribution >= 0.6 is 0 Å². The lowest BCUT2D eigenvalue weighted by Gasteiger charge is -2.27. The lowest BCUT2D eigenvalue weighted by Crippen LogP contribution is -2.39. The first-order chi connectivity index (χ1) is 9.08. The molecule has 1 aliphatic carbocycles. The second kappa shape index (κ2) is 5.86. The van der Waals surface area contributed by atoms with Crippen molar-refractivity contribution in [3.05, 3.63) is 18.0 Å². The molecule has 1 amide bonds. The number of nitrogens with zero attached hydrogens (tertiary/aromatic N) is 2. The van der Waals surface area contributed by atoms with Gasteiger partial charge in [0, 0.05) is 13.2 Å². The molecule has 104 valence electrons. The summed E-state index contributed by atoms with van der Waals surface area (Å²) in [5.74, 6) is -1.98. The van der Waals surface area contributed by atoms with Crippen molar-refractivity contribution in [2.24, 2.45) is 18.9 Å². The van der Waals surface area contributed by atoms with Crippen LogP contribution in [-0.4, -0.2) is 26.8 Å². The summed E-state index contributed by atoms with van der Waals surface area (Å²) >= 11 is 0. The number of carboxylic acids is 1. The zero-order valence-electron chi connectivity index (χ0n) is 11.0. The standard InChI is InChI=1S/C13H19N3O3/c1-16-7-6-9(15-16)8-14-12(17)10-4-2-3-5-11(10)13(18)19/h6-7,10-11H,2-5,8H2,1H3,(H,14,17)(H,18,19)/t10-,11+/m1/s1. The van der Waals surface area contributed by atoms with Crippen LogP contribution in [0.3, 0.4) is 0 Å². The molecule has 6 nitrogen and oxygen atoms in total. The van der Waals surface area contributed by atoms with Crippen molar-refractivity contribution in [2.45, 2.75) is 32.2 Å². The van der Waals surface area contributed by atoms with Crippen molar-refractivity contribution in [1.82, 2.24) is 15.1 Å². The van der Waals surface area contributed by atoms with E-state index in [4.69, 9.17) is 5.11 Å². The van der Waals surface area contributed by atoms with Gasteiger partial charge in [0.05, 0.1) is 24.1 Å². The highest BCUT2D eigenvalue weighted by Crippen LogP contribution is 2.30. The summed E-state index contributed by atoms with van der Waals surface area (Å²) in [6, 6.07) is 1.83. The number of nitrogens with one attached hydrogen (secondary N) is 1. The van der Waals surface area contributed by atoms with Crippen LogP contribution in [0.25, 0.3) is 0 Å². The highest BCUT2D eigenvalue weighted by molar-refractivity contribution is 5.84. The first-order valence-electron chi connectivity index (χ1n) is 6.57. The highest BCUT2D eigenvalue weighted by Gasteiger charge is 2.35. The van der Waals surface area contributed by atoms with Gasteiger partial charge in [0.15, 0.2) is 0 Å². The molecule has 0 radical (unpaired) electrons. The lowest BCUT2D eigenvalue weighted by atomic mass is 9.79. The molecule has 19 heavy (non-hydrogen) atoms. The number of amides is 1. The lowest BCUT2D eigenvalue weighted by molar-refractivity contribution is -0.148. The molecule has 0 spiro atoms. The van der Waals surface area contributed by atoms with Gasteiger partial charge in [-0.3, -0.25) is 14.3 Å². The van der Waals surface area contributed by atoms with E-state index in [-0.39, 0.29) is 5.91 Å². The van der Waals surface area contributed by atoms with Crippen LogP contribution in [0, 0.1) is 11.8 Å². The Morgan fingerprint density at radius 3 is 2.68 bits per heavy atom. The molecular weight excluding hydrogens is 246 g/mol.